The average Bonchev–Trinajstić information content (AvgIpc) is 3.38. The molecule has 197 valence electrons. The molecule has 0 atom stereocenters. The van der Waals surface area contributed by atoms with Gasteiger partial charge in [-0.05, 0) is 53.6 Å². The molecule has 7 aromatic rings. The van der Waals surface area contributed by atoms with Crippen LogP contribution in [0.5, 0.6) is 0 Å². The van der Waals surface area contributed by atoms with Crippen molar-refractivity contribution in [3.63, 3.8) is 0 Å². The van der Waals surface area contributed by atoms with Gasteiger partial charge in [-0.15, -0.1) is 54.1 Å². The van der Waals surface area contributed by atoms with Crippen LogP contribution in [0.1, 0.15) is 16.7 Å². The van der Waals surface area contributed by atoms with E-state index in [1.54, 1.807) is 0 Å². The second kappa shape index (κ2) is 12.7. The van der Waals surface area contributed by atoms with Crippen LogP contribution in [0, 0.1) is 19.1 Å². The van der Waals surface area contributed by atoms with Crippen LogP contribution >= 0.6 is 0 Å². The zero-order valence-electron chi connectivity index (χ0n) is 22.0. The third kappa shape index (κ3) is 6.10. The summed E-state index contributed by atoms with van der Waals surface area (Å²) in [5.41, 5.74) is 9.25. The molecule has 40 heavy (non-hydrogen) atoms. The molecule has 3 nitrogen and oxygen atoms in total. The number of hydrogen-bond acceptors (Lipinski definition) is 3. The number of fused-ring (bicyclic) bond motifs is 3. The monoisotopic (exact) mass is 695 g/mol. The molecular formula is C36H26IrN2O-2. The van der Waals surface area contributed by atoms with Crippen molar-refractivity contribution < 1.29 is 24.5 Å². The van der Waals surface area contributed by atoms with Gasteiger partial charge in [0.15, 0.2) is 0 Å². The second-order valence-electron chi connectivity index (χ2n) is 9.40. The Kier molecular flexibility index (Phi) is 8.61. The van der Waals surface area contributed by atoms with Crippen molar-refractivity contribution in [1.82, 2.24) is 9.97 Å². The Balaban J connectivity index is 0.000000195. The normalized spacial score (nSPS) is 10.5. The number of aromatic nitrogens is 2. The first-order valence-corrected chi connectivity index (χ1v) is 13.0. The molecule has 0 saturated heterocycles. The molecule has 0 unspecified atom stereocenters. The summed E-state index contributed by atoms with van der Waals surface area (Å²) in [6, 6.07) is 45.2. The zero-order valence-corrected chi connectivity index (χ0v) is 24.4. The quantitative estimate of drug-likeness (QED) is 0.173. The first kappa shape index (κ1) is 27.2. The van der Waals surface area contributed by atoms with E-state index in [2.05, 4.69) is 76.7 Å². The van der Waals surface area contributed by atoms with Gasteiger partial charge < -0.3 is 14.4 Å². The Bertz CT molecular complexity index is 1830. The maximum absolute atomic E-state index is 6.12. The Labute approximate surface area is 247 Å². The third-order valence-electron chi connectivity index (χ3n) is 6.57. The summed E-state index contributed by atoms with van der Waals surface area (Å²) in [5.74, 6) is 0. The Morgan fingerprint density at radius 3 is 2.30 bits per heavy atom. The van der Waals surface area contributed by atoms with Gasteiger partial charge in [-0.2, -0.15) is 0 Å². The van der Waals surface area contributed by atoms with E-state index in [9.17, 15) is 0 Å². The molecule has 3 aromatic heterocycles. The molecule has 0 fully saturated rings. The first-order valence-electron chi connectivity index (χ1n) is 13.0. The van der Waals surface area contributed by atoms with Gasteiger partial charge in [0.2, 0.25) is 0 Å². The largest absolute Gasteiger partial charge is 0.501 e. The maximum Gasteiger partial charge on any atom is 0.120 e. The van der Waals surface area contributed by atoms with Crippen LogP contribution in [0.25, 0.3) is 44.5 Å². The van der Waals surface area contributed by atoms with Gasteiger partial charge in [-0.3, -0.25) is 0 Å². The molecule has 0 bridgehead atoms. The summed E-state index contributed by atoms with van der Waals surface area (Å²) in [7, 11) is 0. The maximum atomic E-state index is 6.12. The van der Waals surface area contributed by atoms with Gasteiger partial charge in [0, 0.05) is 37.9 Å². The number of nitrogens with zero attached hydrogens (tertiary/aromatic N) is 2. The minimum Gasteiger partial charge on any atom is -0.501 e. The molecule has 0 amide bonds. The van der Waals surface area contributed by atoms with Crippen molar-refractivity contribution >= 4 is 21.9 Å². The molecule has 0 aliphatic heterocycles. The van der Waals surface area contributed by atoms with Gasteiger partial charge in [0.05, 0.1) is 5.58 Å². The van der Waals surface area contributed by atoms with E-state index >= 15 is 0 Å². The zero-order chi connectivity index (χ0) is 26.4. The summed E-state index contributed by atoms with van der Waals surface area (Å²) in [6.07, 6.45) is 4.62. The fourth-order valence-electron chi connectivity index (χ4n) is 4.61. The van der Waals surface area contributed by atoms with Gasteiger partial charge in [-0.25, -0.2) is 0 Å². The van der Waals surface area contributed by atoms with Gasteiger partial charge in [0.1, 0.15) is 5.58 Å². The van der Waals surface area contributed by atoms with E-state index in [4.69, 9.17) is 4.42 Å². The number of hydrogen-bond donors (Lipinski definition) is 0. The van der Waals surface area contributed by atoms with Crippen molar-refractivity contribution in [2.24, 2.45) is 0 Å². The molecule has 4 heteroatoms. The fourth-order valence-corrected chi connectivity index (χ4v) is 4.61. The predicted octanol–water partition coefficient (Wildman–Crippen LogP) is 8.89. The smallest absolute Gasteiger partial charge is 0.120 e. The predicted molar refractivity (Wildman–Crippen MR) is 158 cm³/mol. The molecule has 4 aromatic carbocycles. The number of para-hydroxylation sites is 1. The van der Waals surface area contributed by atoms with Crippen molar-refractivity contribution in [3.8, 4) is 22.5 Å². The molecule has 0 aliphatic rings. The molecule has 1 radical (unpaired) electrons. The van der Waals surface area contributed by atoms with Crippen molar-refractivity contribution in [1.29, 1.82) is 0 Å². The Morgan fingerprint density at radius 1 is 0.675 bits per heavy atom. The average molecular weight is 695 g/mol. The molecular weight excluding hydrogens is 669 g/mol. The van der Waals surface area contributed by atoms with E-state index in [1.165, 1.54) is 16.7 Å². The topological polar surface area (TPSA) is 38.9 Å². The SMILES string of the molecule is Cc1ccc(-c2[c-]cccc2)nc1.[Ir].[c-]1ccc2c(oc3ccccc32)c1-c1cc(Cc2ccccc2)ccn1. The van der Waals surface area contributed by atoms with Crippen molar-refractivity contribution in [2.75, 3.05) is 0 Å². The third-order valence-corrected chi connectivity index (χ3v) is 6.57. The molecule has 0 N–H and O–H groups in total. The van der Waals surface area contributed by atoms with Crippen LogP contribution in [0.3, 0.4) is 0 Å². The number of aryl methyl sites for hydroxylation is 1. The van der Waals surface area contributed by atoms with Gasteiger partial charge in [0.25, 0.3) is 0 Å². The summed E-state index contributed by atoms with van der Waals surface area (Å²) in [4.78, 5) is 8.90. The summed E-state index contributed by atoms with van der Waals surface area (Å²) < 4.78 is 6.12. The van der Waals surface area contributed by atoms with E-state index in [1.807, 2.05) is 80.0 Å². The van der Waals surface area contributed by atoms with E-state index in [-0.39, 0.29) is 20.1 Å². The number of pyridine rings is 2. The molecule has 7 rings (SSSR count). The molecule has 0 spiro atoms. The second-order valence-corrected chi connectivity index (χ2v) is 9.40. The van der Waals surface area contributed by atoms with Crippen LogP contribution in [-0.2, 0) is 26.5 Å². The van der Waals surface area contributed by atoms with E-state index in [0.29, 0.717) is 0 Å². The molecule has 0 saturated carbocycles. The minimum absolute atomic E-state index is 0. The first-order chi connectivity index (χ1) is 19.2. The van der Waals surface area contributed by atoms with E-state index < -0.39 is 0 Å². The summed E-state index contributed by atoms with van der Waals surface area (Å²) in [5, 5.41) is 2.22. The standard InChI is InChI=1S/C24H16NO.C12H10N.Ir/c1-2-7-17(8-3-1)15-18-13-14-25-22(16-18)21-11-6-10-20-19-9-4-5-12-23(19)26-24(20)21;1-10-7-8-12(13-9-10)11-5-3-2-4-6-11;/h1-10,12-14,16H,15H2;2-5,7-9H,1H3;/q2*-1;. The Morgan fingerprint density at radius 2 is 1.50 bits per heavy atom. The van der Waals surface area contributed by atoms with Crippen LogP contribution in [-0.4, -0.2) is 9.97 Å². The molecule has 3 heterocycles. The van der Waals surface area contributed by atoms with Crippen LogP contribution in [0.15, 0.2) is 132 Å². The fraction of sp³-hybridized carbons (Fsp3) is 0.0556. The number of benzene rings is 4. The van der Waals surface area contributed by atoms with Crippen LogP contribution < -0.4 is 0 Å². The molecule has 0 aliphatic carbocycles. The van der Waals surface area contributed by atoms with Gasteiger partial charge >= 0.3 is 0 Å². The van der Waals surface area contributed by atoms with Crippen LogP contribution in [0.2, 0.25) is 0 Å². The minimum atomic E-state index is 0. The summed E-state index contributed by atoms with van der Waals surface area (Å²) >= 11 is 0. The van der Waals surface area contributed by atoms with Crippen LogP contribution in [0.4, 0.5) is 0 Å². The van der Waals surface area contributed by atoms with Crippen molar-refractivity contribution in [3.05, 3.63) is 156 Å². The summed E-state index contributed by atoms with van der Waals surface area (Å²) in [6.45, 7) is 2.03. The van der Waals surface area contributed by atoms with E-state index in [0.717, 1.165) is 50.9 Å². The number of furan rings is 1. The van der Waals surface area contributed by atoms with Gasteiger partial charge in [-0.1, -0.05) is 77.7 Å². The van der Waals surface area contributed by atoms with Crippen molar-refractivity contribution in [2.45, 2.75) is 13.3 Å². The Hall–Kier alpha value is -4.37. The number of rotatable bonds is 4.